The van der Waals surface area contributed by atoms with Gasteiger partial charge in [-0.15, -0.1) is 0 Å². The van der Waals surface area contributed by atoms with Gasteiger partial charge in [0.05, 0.1) is 6.61 Å². The summed E-state index contributed by atoms with van der Waals surface area (Å²) >= 11 is 0. The van der Waals surface area contributed by atoms with Gasteiger partial charge in [0, 0.05) is 5.57 Å². The zero-order valence-electron chi connectivity index (χ0n) is 6.42. The van der Waals surface area contributed by atoms with Gasteiger partial charge in [-0.25, -0.2) is 0 Å². The summed E-state index contributed by atoms with van der Waals surface area (Å²) in [6.07, 6.45) is -4.75. The van der Waals surface area contributed by atoms with Crippen molar-refractivity contribution in [1.82, 2.24) is 0 Å². The molecule has 1 aliphatic rings. The lowest BCUT2D eigenvalue weighted by molar-refractivity contribution is -0.207. The average Bonchev–Trinajstić information content (AvgIpc) is 2.08. The Morgan fingerprint density at radius 1 is 1.33 bits per heavy atom. The van der Waals surface area contributed by atoms with Gasteiger partial charge in [0.1, 0.15) is 18.3 Å². The average molecular weight is 176 g/mol. The van der Waals surface area contributed by atoms with Crippen molar-refractivity contribution in [3.63, 3.8) is 0 Å². The molecule has 0 amide bonds. The second kappa shape index (κ2) is 3.51. The molecule has 0 aliphatic carbocycles. The van der Waals surface area contributed by atoms with E-state index in [1.54, 1.807) is 0 Å². The van der Waals surface area contributed by atoms with Gasteiger partial charge >= 0.3 is 0 Å². The summed E-state index contributed by atoms with van der Waals surface area (Å²) in [7, 11) is 0. The molecule has 1 fully saturated rings. The first kappa shape index (κ1) is 9.63. The van der Waals surface area contributed by atoms with Crippen LogP contribution >= 0.6 is 0 Å². The quantitative estimate of drug-likeness (QED) is 0.346. The molecule has 1 rings (SSSR count). The largest absolute Gasteiger partial charge is 0.394 e. The first-order valence-electron chi connectivity index (χ1n) is 3.57. The second-order valence-electron chi connectivity index (χ2n) is 2.72. The lowest BCUT2D eigenvalue weighted by Crippen LogP contribution is -2.51. The maximum absolute atomic E-state index is 9.22. The topological polar surface area (TPSA) is 90.2 Å². The maximum atomic E-state index is 9.22. The van der Waals surface area contributed by atoms with Gasteiger partial charge < -0.3 is 25.2 Å². The van der Waals surface area contributed by atoms with Gasteiger partial charge in [0.15, 0.2) is 6.29 Å². The number of hydrogen-bond donors (Lipinski definition) is 4. The highest BCUT2D eigenvalue weighted by atomic mass is 16.6. The van der Waals surface area contributed by atoms with E-state index in [1.807, 2.05) is 0 Å². The van der Waals surface area contributed by atoms with Crippen LogP contribution in [0.4, 0.5) is 0 Å². The fraction of sp³-hybridized carbons (Fsp3) is 0.714. The monoisotopic (exact) mass is 176 g/mol. The van der Waals surface area contributed by atoms with Crippen molar-refractivity contribution in [3.8, 4) is 0 Å². The Labute approximate surface area is 69.5 Å². The van der Waals surface area contributed by atoms with E-state index < -0.39 is 31.2 Å². The Balaban J connectivity index is 2.70. The van der Waals surface area contributed by atoms with Crippen molar-refractivity contribution in [2.75, 3.05) is 6.61 Å². The zero-order valence-corrected chi connectivity index (χ0v) is 6.42. The summed E-state index contributed by atoms with van der Waals surface area (Å²) in [4.78, 5) is 0. The molecule has 0 saturated carbocycles. The SMILES string of the molecule is C=C1C(O)[C@@H](O)[C@@H](CO)O[C@H]1O. The van der Waals surface area contributed by atoms with E-state index in [-0.39, 0.29) is 5.57 Å². The van der Waals surface area contributed by atoms with Crippen LogP contribution in [0.25, 0.3) is 0 Å². The summed E-state index contributed by atoms with van der Waals surface area (Å²) in [5.41, 5.74) is 0.00667. The number of rotatable bonds is 1. The molecule has 0 spiro atoms. The van der Waals surface area contributed by atoms with Crippen LogP contribution in [0.3, 0.4) is 0 Å². The second-order valence-corrected chi connectivity index (χ2v) is 2.72. The smallest absolute Gasteiger partial charge is 0.179 e. The minimum atomic E-state index is -1.32. The number of aliphatic hydroxyl groups is 4. The molecule has 4 N–H and O–H groups in total. The highest BCUT2D eigenvalue weighted by molar-refractivity contribution is 5.11. The third-order valence-electron chi connectivity index (χ3n) is 1.89. The van der Waals surface area contributed by atoms with E-state index in [0.717, 1.165) is 0 Å². The Hall–Kier alpha value is -0.460. The van der Waals surface area contributed by atoms with Crippen LogP contribution in [0.5, 0.6) is 0 Å². The molecular formula is C7H12O5. The highest BCUT2D eigenvalue weighted by Crippen LogP contribution is 2.22. The fourth-order valence-electron chi connectivity index (χ4n) is 1.05. The molecule has 0 aromatic carbocycles. The summed E-state index contributed by atoms with van der Waals surface area (Å²) in [6, 6.07) is 0. The Bertz CT molecular complexity index is 181. The molecular weight excluding hydrogens is 164 g/mol. The van der Waals surface area contributed by atoms with Crippen LogP contribution in [0.2, 0.25) is 0 Å². The van der Waals surface area contributed by atoms with Gasteiger partial charge in [-0.05, 0) is 0 Å². The molecule has 1 heterocycles. The van der Waals surface area contributed by atoms with E-state index in [0.29, 0.717) is 0 Å². The molecule has 5 heteroatoms. The summed E-state index contributed by atoms with van der Waals surface area (Å²) < 4.78 is 4.73. The van der Waals surface area contributed by atoms with Crippen molar-refractivity contribution in [2.45, 2.75) is 24.6 Å². The predicted octanol–water partition coefficient (Wildman–Crippen LogP) is -2.03. The molecule has 1 saturated heterocycles. The van der Waals surface area contributed by atoms with Crippen LogP contribution in [-0.2, 0) is 4.74 Å². The third kappa shape index (κ3) is 1.50. The maximum Gasteiger partial charge on any atom is 0.179 e. The molecule has 4 atom stereocenters. The van der Waals surface area contributed by atoms with Crippen molar-refractivity contribution >= 4 is 0 Å². The lowest BCUT2D eigenvalue weighted by atomic mass is 9.98. The number of aliphatic hydroxyl groups excluding tert-OH is 4. The molecule has 0 aromatic rings. The van der Waals surface area contributed by atoms with Crippen LogP contribution in [-0.4, -0.2) is 51.6 Å². The predicted molar refractivity (Wildman–Crippen MR) is 39.1 cm³/mol. The molecule has 12 heavy (non-hydrogen) atoms. The fourth-order valence-corrected chi connectivity index (χ4v) is 1.05. The Kier molecular flexibility index (Phi) is 2.81. The highest BCUT2D eigenvalue weighted by Gasteiger charge is 2.38. The molecule has 0 aromatic heterocycles. The van der Waals surface area contributed by atoms with Gasteiger partial charge in [0.25, 0.3) is 0 Å². The van der Waals surface area contributed by atoms with Gasteiger partial charge in [-0.1, -0.05) is 6.58 Å². The molecule has 1 aliphatic heterocycles. The summed E-state index contributed by atoms with van der Waals surface area (Å²) in [6.45, 7) is 2.87. The summed E-state index contributed by atoms with van der Waals surface area (Å²) in [5, 5.41) is 36.1. The van der Waals surface area contributed by atoms with Gasteiger partial charge in [0.2, 0.25) is 0 Å². The normalized spacial score (nSPS) is 43.2. The van der Waals surface area contributed by atoms with Crippen LogP contribution in [0, 0.1) is 0 Å². The van der Waals surface area contributed by atoms with E-state index in [1.165, 1.54) is 0 Å². The van der Waals surface area contributed by atoms with Crippen molar-refractivity contribution in [2.24, 2.45) is 0 Å². The van der Waals surface area contributed by atoms with Crippen molar-refractivity contribution in [1.29, 1.82) is 0 Å². The van der Waals surface area contributed by atoms with E-state index in [9.17, 15) is 10.2 Å². The van der Waals surface area contributed by atoms with Gasteiger partial charge in [-0.2, -0.15) is 0 Å². The van der Waals surface area contributed by atoms with E-state index in [4.69, 9.17) is 14.9 Å². The molecule has 5 nitrogen and oxygen atoms in total. The molecule has 0 radical (unpaired) electrons. The molecule has 1 unspecified atom stereocenters. The zero-order chi connectivity index (χ0) is 9.30. The Morgan fingerprint density at radius 2 is 1.92 bits per heavy atom. The minimum Gasteiger partial charge on any atom is -0.394 e. The van der Waals surface area contributed by atoms with Crippen molar-refractivity contribution < 1.29 is 25.2 Å². The number of hydrogen-bond acceptors (Lipinski definition) is 5. The van der Waals surface area contributed by atoms with Crippen LogP contribution < -0.4 is 0 Å². The van der Waals surface area contributed by atoms with E-state index in [2.05, 4.69) is 6.58 Å². The summed E-state index contributed by atoms with van der Waals surface area (Å²) in [5.74, 6) is 0. The van der Waals surface area contributed by atoms with Crippen molar-refractivity contribution in [3.05, 3.63) is 12.2 Å². The Morgan fingerprint density at radius 3 is 2.42 bits per heavy atom. The first-order valence-corrected chi connectivity index (χ1v) is 3.57. The molecule has 0 bridgehead atoms. The number of ether oxygens (including phenoxy) is 1. The van der Waals surface area contributed by atoms with Crippen LogP contribution in [0.15, 0.2) is 12.2 Å². The van der Waals surface area contributed by atoms with E-state index >= 15 is 0 Å². The third-order valence-corrected chi connectivity index (χ3v) is 1.89. The minimum absolute atomic E-state index is 0.00667. The molecule has 70 valence electrons. The van der Waals surface area contributed by atoms with Gasteiger partial charge in [-0.3, -0.25) is 0 Å². The lowest BCUT2D eigenvalue weighted by Gasteiger charge is -2.35. The van der Waals surface area contributed by atoms with Crippen LogP contribution in [0.1, 0.15) is 0 Å². The first-order chi connectivity index (χ1) is 5.57. The standard InChI is InChI=1S/C7H12O5/c1-3-5(9)6(10)4(2-8)12-7(3)11/h4-11H,1-2H2/t4-,5?,6+,7-/m1/s1.